The summed E-state index contributed by atoms with van der Waals surface area (Å²) in [6, 6.07) is 14.1. The normalized spacial score (nSPS) is 14.4. The molecule has 148 valence electrons. The Labute approximate surface area is 172 Å². The maximum atomic E-state index is 11.8. The summed E-state index contributed by atoms with van der Waals surface area (Å²) >= 11 is 0. The number of carboxylic acid groups (broad SMARTS) is 1. The van der Waals surface area contributed by atoms with Crippen molar-refractivity contribution in [2.75, 3.05) is 13.2 Å². The van der Waals surface area contributed by atoms with E-state index in [9.17, 15) is 9.90 Å². The van der Waals surface area contributed by atoms with E-state index in [0.29, 0.717) is 19.6 Å². The second-order valence-electron chi connectivity index (χ2n) is 7.78. The van der Waals surface area contributed by atoms with E-state index in [2.05, 4.69) is 6.07 Å². The van der Waals surface area contributed by atoms with Gasteiger partial charge in [0.2, 0.25) is 0 Å². The number of fused-ring (bicyclic) bond motifs is 3. The zero-order valence-electron chi connectivity index (χ0n) is 16.3. The van der Waals surface area contributed by atoms with Crippen molar-refractivity contribution in [1.29, 1.82) is 0 Å². The van der Waals surface area contributed by atoms with Gasteiger partial charge in [0.1, 0.15) is 11.5 Å². The first kappa shape index (κ1) is 17.3. The van der Waals surface area contributed by atoms with Crippen LogP contribution < -0.4 is 9.47 Å². The fraction of sp³-hybridized carbons (Fsp3) is 0.200. The number of rotatable bonds is 3. The summed E-state index contributed by atoms with van der Waals surface area (Å²) < 4.78 is 11.8. The van der Waals surface area contributed by atoms with Gasteiger partial charge in [-0.1, -0.05) is 24.3 Å². The highest BCUT2D eigenvalue weighted by molar-refractivity contribution is 6.10. The molecule has 0 amide bonds. The second-order valence-corrected chi connectivity index (χ2v) is 7.78. The molecule has 2 aliphatic heterocycles. The van der Waals surface area contributed by atoms with E-state index in [0.717, 1.165) is 61.8 Å². The molecule has 3 aromatic carbocycles. The minimum Gasteiger partial charge on any atom is -0.493 e. The molecule has 1 N–H and O–H groups in total. The van der Waals surface area contributed by atoms with E-state index in [1.807, 2.05) is 42.6 Å². The third-order valence-corrected chi connectivity index (χ3v) is 6.15. The van der Waals surface area contributed by atoms with Gasteiger partial charge in [0.15, 0.2) is 0 Å². The number of carbonyl (C=O) groups is 1. The molecule has 3 heterocycles. The fourth-order valence-electron chi connectivity index (χ4n) is 4.95. The molecule has 0 spiro atoms. The number of carboxylic acids is 1. The van der Waals surface area contributed by atoms with Crippen LogP contribution in [-0.2, 0) is 24.1 Å². The Hall–Kier alpha value is -3.60. The quantitative estimate of drug-likeness (QED) is 0.549. The summed E-state index contributed by atoms with van der Waals surface area (Å²) in [6.07, 6.45) is 3.35. The zero-order valence-corrected chi connectivity index (χ0v) is 16.3. The van der Waals surface area contributed by atoms with E-state index in [-0.39, 0.29) is 6.42 Å². The summed E-state index contributed by atoms with van der Waals surface area (Å²) in [7, 11) is 0. The number of nitrogens with zero attached hydrogens (tertiary/aromatic N) is 1. The summed E-state index contributed by atoms with van der Waals surface area (Å²) in [6.45, 7) is 1.24. The molecule has 5 nitrogen and oxygen atoms in total. The highest BCUT2D eigenvalue weighted by Gasteiger charge is 2.28. The molecule has 0 saturated heterocycles. The lowest BCUT2D eigenvalue weighted by Gasteiger charge is -2.22. The molecule has 0 fully saturated rings. The average molecular weight is 397 g/mol. The third-order valence-electron chi connectivity index (χ3n) is 6.15. The molecule has 0 aliphatic carbocycles. The highest BCUT2D eigenvalue weighted by Crippen LogP contribution is 2.47. The van der Waals surface area contributed by atoms with Crippen LogP contribution in [0, 0.1) is 0 Å². The largest absolute Gasteiger partial charge is 0.493 e. The van der Waals surface area contributed by atoms with Crippen LogP contribution in [0.1, 0.15) is 16.7 Å². The van der Waals surface area contributed by atoms with Crippen LogP contribution in [0.3, 0.4) is 0 Å². The summed E-state index contributed by atoms with van der Waals surface area (Å²) in [5.74, 6) is 0.820. The van der Waals surface area contributed by atoms with Gasteiger partial charge in [0.05, 0.1) is 25.2 Å². The van der Waals surface area contributed by atoms with Gasteiger partial charge in [-0.15, -0.1) is 0 Å². The SMILES string of the molecule is O=C(O)Cc1c2c(c3ccccc3c1-c1ccc3c4c(ccnc14)CCO3)OCC2. The maximum absolute atomic E-state index is 11.8. The molecular weight excluding hydrogens is 378 g/mol. The Morgan fingerprint density at radius 2 is 1.83 bits per heavy atom. The predicted octanol–water partition coefficient (Wildman–Crippen LogP) is 4.55. The van der Waals surface area contributed by atoms with Crippen LogP contribution in [0.25, 0.3) is 32.8 Å². The summed E-state index contributed by atoms with van der Waals surface area (Å²) in [4.78, 5) is 16.6. The van der Waals surface area contributed by atoms with Crippen molar-refractivity contribution in [2.24, 2.45) is 0 Å². The van der Waals surface area contributed by atoms with Crippen molar-refractivity contribution in [1.82, 2.24) is 4.98 Å². The molecule has 0 unspecified atom stereocenters. The van der Waals surface area contributed by atoms with Crippen LogP contribution in [-0.4, -0.2) is 29.3 Å². The monoisotopic (exact) mass is 397 g/mol. The smallest absolute Gasteiger partial charge is 0.307 e. The molecule has 0 atom stereocenters. The predicted molar refractivity (Wildman–Crippen MR) is 114 cm³/mol. The lowest BCUT2D eigenvalue weighted by molar-refractivity contribution is -0.136. The third kappa shape index (κ3) is 2.41. The number of benzene rings is 3. The zero-order chi connectivity index (χ0) is 20.2. The number of ether oxygens (including phenoxy) is 2. The second kappa shape index (κ2) is 6.46. The van der Waals surface area contributed by atoms with Gasteiger partial charge in [0, 0.05) is 40.9 Å². The number of hydrogen-bond acceptors (Lipinski definition) is 4. The van der Waals surface area contributed by atoms with Gasteiger partial charge in [0.25, 0.3) is 0 Å². The minimum atomic E-state index is -0.848. The molecule has 0 bridgehead atoms. The van der Waals surface area contributed by atoms with Crippen LogP contribution in [0.5, 0.6) is 11.5 Å². The molecule has 0 radical (unpaired) electrons. The highest BCUT2D eigenvalue weighted by atomic mass is 16.5. The van der Waals surface area contributed by atoms with Gasteiger partial charge in [-0.3, -0.25) is 9.78 Å². The van der Waals surface area contributed by atoms with Crippen LogP contribution in [0.15, 0.2) is 48.7 Å². The molecule has 4 aromatic rings. The minimum absolute atomic E-state index is 0.0503. The molecule has 30 heavy (non-hydrogen) atoms. The van der Waals surface area contributed by atoms with Gasteiger partial charge >= 0.3 is 5.97 Å². The molecule has 5 heteroatoms. The Morgan fingerprint density at radius 3 is 2.70 bits per heavy atom. The van der Waals surface area contributed by atoms with Crippen LogP contribution in [0.2, 0.25) is 0 Å². The van der Waals surface area contributed by atoms with Gasteiger partial charge in [-0.25, -0.2) is 0 Å². The molecule has 6 rings (SSSR count). The van der Waals surface area contributed by atoms with E-state index < -0.39 is 5.97 Å². The first-order chi connectivity index (χ1) is 14.7. The number of aliphatic carboxylic acids is 1. The van der Waals surface area contributed by atoms with Gasteiger partial charge in [-0.2, -0.15) is 0 Å². The lowest BCUT2D eigenvalue weighted by Crippen LogP contribution is -2.10. The van der Waals surface area contributed by atoms with Crippen LogP contribution in [0.4, 0.5) is 0 Å². The van der Waals surface area contributed by atoms with Gasteiger partial charge in [-0.05, 0) is 40.3 Å². The first-order valence-electron chi connectivity index (χ1n) is 10.2. The Balaban J connectivity index is 1.77. The molecule has 1 aromatic heterocycles. The first-order valence-corrected chi connectivity index (χ1v) is 10.2. The van der Waals surface area contributed by atoms with Crippen molar-refractivity contribution in [3.8, 4) is 22.6 Å². The number of aromatic nitrogens is 1. The Kier molecular flexibility index (Phi) is 3.72. The fourth-order valence-corrected chi connectivity index (χ4v) is 4.95. The number of hydrogen-bond donors (Lipinski definition) is 1. The Bertz CT molecular complexity index is 1350. The number of pyridine rings is 1. The average Bonchev–Trinajstić information content (AvgIpc) is 3.25. The van der Waals surface area contributed by atoms with E-state index in [1.165, 1.54) is 5.56 Å². The summed E-state index contributed by atoms with van der Waals surface area (Å²) in [5, 5.41) is 12.8. The molecule has 2 aliphatic rings. The van der Waals surface area contributed by atoms with Crippen LogP contribution >= 0.6 is 0 Å². The van der Waals surface area contributed by atoms with Crippen molar-refractivity contribution in [2.45, 2.75) is 19.3 Å². The van der Waals surface area contributed by atoms with Gasteiger partial charge < -0.3 is 14.6 Å². The maximum Gasteiger partial charge on any atom is 0.307 e. The molecule has 0 saturated carbocycles. The standard InChI is InChI=1S/C25H19NO4/c27-21(28)13-19-17-9-12-30-25(17)16-4-2-1-3-15(16)23(19)18-5-6-20-22-14(8-11-29-20)7-10-26-24(18)22/h1-7,10H,8-9,11-13H2,(H,27,28). The Morgan fingerprint density at radius 1 is 1.00 bits per heavy atom. The lowest BCUT2D eigenvalue weighted by atomic mass is 9.85. The topological polar surface area (TPSA) is 68.7 Å². The van der Waals surface area contributed by atoms with E-state index in [4.69, 9.17) is 14.5 Å². The van der Waals surface area contributed by atoms with E-state index >= 15 is 0 Å². The summed E-state index contributed by atoms with van der Waals surface area (Å²) in [5.41, 5.74) is 5.80. The van der Waals surface area contributed by atoms with Crippen molar-refractivity contribution >= 4 is 27.6 Å². The molecular formula is C25H19NO4. The van der Waals surface area contributed by atoms with E-state index in [1.54, 1.807) is 0 Å². The van der Waals surface area contributed by atoms with Crippen molar-refractivity contribution in [3.63, 3.8) is 0 Å². The van der Waals surface area contributed by atoms with Crippen molar-refractivity contribution < 1.29 is 19.4 Å². The van der Waals surface area contributed by atoms with Crippen molar-refractivity contribution in [3.05, 3.63) is 65.4 Å².